The van der Waals surface area contributed by atoms with Crippen LogP contribution >= 0.6 is 0 Å². The second-order valence-corrected chi connectivity index (χ2v) is 6.17. The predicted molar refractivity (Wildman–Crippen MR) is 76.3 cm³/mol. The third-order valence-electron chi connectivity index (χ3n) is 5.10. The molecule has 0 unspecified atom stereocenters. The number of carbonyl (C=O) groups excluding carboxylic acids is 1. The normalized spacial score (nSPS) is 27.3. The van der Waals surface area contributed by atoms with Gasteiger partial charge < -0.3 is 14.4 Å². The highest BCUT2D eigenvalue weighted by atomic mass is 16.4. The molecule has 1 saturated carbocycles. The first-order valence-electron chi connectivity index (χ1n) is 7.42. The molecule has 0 aromatic carbocycles. The number of carboxylic acids is 1. The molecule has 1 aliphatic carbocycles. The molecule has 22 heavy (non-hydrogen) atoms. The fourth-order valence-electron chi connectivity index (χ4n) is 3.95. The van der Waals surface area contributed by atoms with Crippen LogP contribution in [-0.2, 0) is 4.79 Å². The Morgan fingerprint density at radius 3 is 2.77 bits per heavy atom. The molecule has 2 fully saturated rings. The third-order valence-corrected chi connectivity index (χ3v) is 5.10. The molecule has 4 rings (SSSR count). The number of carboxylic acid groups (broad SMARTS) is 1. The number of aromatic nitrogens is 3. The molecule has 2 aromatic rings. The van der Waals surface area contributed by atoms with E-state index in [4.69, 9.17) is 0 Å². The van der Waals surface area contributed by atoms with Gasteiger partial charge in [-0.2, -0.15) is 0 Å². The van der Waals surface area contributed by atoms with Crippen molar-refractivity contribution < 1.29 is 14.7 Å². The van der Waals surface area contributed by atoms with Crippen molar-refractivity contribution in [2.45, 2.75) is 19.3 Å². The first-order chi connectivity index (χ1) is 10.6. The average molecular weight is 300 g/mol. The van der Waals surface area contributed by atoms with E-state index in [9.17, 15) is 14.7 Å². The van der Waals surface area contributed by atoms with Crippen LogP contribution in [0.1, 0.15) is 29.8 Å². The number of hydrogen-bond donors (Lipinski definition) is 1. The summed E-state index contributed by atoms with van der Waals surface area (Å²) in [7, 11) is 0. The Bertz CT molecular complexity index is 771. The highest BCUT2D eigenvalue weighted by Crippen LogP contribution is 2.49. The minimum absolute atomic E-state index is 0.0495. The molecule has 0 bridgehead atoms. The van der Waals surface area contributed by atoms with Crippen LogP contribution in [-0.4, -0.2) is 49.3 Å². The van der Waals surface area contributed by atoms with Gasteiger partial charge in [0.05, 0.1) is 5.41 Å². The fourth-order valence-corrected chi connectivity index (χ4v) is 3.95. The molecule has 7 nitrogen and oxygen atoms in total. The average Bonchev–Trinajstić information content (AvgIpc) is 3.18. The maximum absolute atomic E-state index is 12.8. The molecule has 1 saturated heterocycles. The van der Waals surface area contributed by atoms with Gasteiger partial charge in [0.1, 0.15) is 0 Å². The summed E-state index contributed by atoms with van der Waals surface area (Å²) in [5.41, 5.74) is 0.0258. The minimum atomic E-state index is -0.780. The number of carbonyl (C=O) groups is 2. The van der Waals surface area contributed by atoms with Crippen LogP contribution < -0.4 is 0 Å². The first-order valence-corrected chi connectivity index (χ1v) is 7.42. The maximum Gasteiger partial charge on any atom is 0.311 e. The second-order valence-electron chi connectivity index (χ2n) is 6.17. The number of imidazole rings is 1. The quantitative estimate of drug-likeness (QED) is 0.896. The Labute approximate surface area is 126 Å². The van der Waals surface area contributed by atoms with E-state index in [2.05, 4.69) is 9.97 Å². The van der Waals surface area contributed by atoms with Crippen molar-refractivity contribution in [3.63, 3.8) is 0 Å². The number of likely N-dealkylation sites (tertiary alicyclic amines) is 1. The van der Waals surface area contributed by atoms with Crippen LogP contribution in [0.3, 0.4) is 0 Å². The molecule has 2 aromatic heterocycles. The second kappa shape index (κ2) is 4.53. The fraction of sp³-hybridized carbons (Fsp3) is 0.467. The summed E-state index contributed by atoms with van der Waals surface area (Å²) in [6.45, 7) is 0.768. The van der Waals surface area contributed by atoms with E-state index in [0.717, 1.165) is 12.8 Å². The molecule has 0 radical (unpaired) electrons. The van der Waals surface area contributed by atoms with Crippen LogP contribution in [0.25, 0.3) is 5.65 Å². The van der Waals surface area contributed by atoms with E-state index in [0.29, 0.717) is 18.6 Å². The molecule has 1 amide bonds. The van der Waals surface area contributed by atoms with Gasteiger partial charge in [-0.15, -0.1) is 0 Å². The molecule has 0 spiro atoms. The van der Waals surface area contributed by atoms with E-state index >= 15 is 0 Å². The first kappa shape index (κ1) is 13.2. The molecule has 2 aliphatic rings. The number of amides is 1. The monoisotopic (exact) mass is 300 g/mol. The van der Waals surface area contributed by atoms with E-state index in [1.54, 1.807) is 34.1 Å². The van der Waals surface area contributed by atoms with Gasteiger partial charge >= 0.3 is 5.97 Å². The van der Waals surface area contributed by atoms with Crippen molar-refractivity contribution in [1.82, 2.24) is 19.3 Å². The largest absolute Gasteiger partial charge is 0.481 e. The van der Waals surface area contributed by atoms with Gasteiger partial charge in [0.25, 0.3) is 5.91 Å². The van der Waals surface area contributed by atoms with Crippen molar-refractivity contribution in [3.8, 4) is 0 Å². The van der Waals surface area contributed by atoms with Crippen LogP contribution in [0.2, 0.25) is 0 Å². The van der Waals surface area contributed by atoms with Crippen molar-refractivity contribution in [2.75, 3.05) is 13.1 Å². The zero-order valence-electron chi connectivity index (χ0n) is 12.0. The summed E-state index contributed by atoms with van der Waals surface area (Å²) in [6.07, 6.45) is 9.11. The molecule has 114 valence electrons. The molecule has 1 N–H and O–H groups in total. The molecular formula is C15H16N4O3. The SMILES string of the molecule is O=C(c1nccn2ccnc12)N1C[C@@H]2CCC[C@@]2(C(=O)O)C1. The summed E-state index contributed by atoms with van der Waals surface area (Å²) >= 11 is 0. The smallest absolute Gasteiger partial charge is 0.311 e. The number of aliphatic carboxylic acids is 1. The Morgan fingerprint density at radius 2 is 2.05 bits per heavy atom. The summed E-state index contributed by atoms with van der Waals surface area (Å²) in [4.78, 5) is 34.5. The molecule has 7 heteroatoms. The maximum atomic E-state index is 12.8. The number of hydrogen-bond acceptors (Lipinski definition) is 4. The van der Waals surface area contributed by atoms with Crippen LogP contribution in [0.15, 0.2) is 24.8 Å². The van der Waals surface area contributed by atoms with Crippen LogP contribution in [0, 0.1) is 11.3 Å². The van der Waals surface area contributed by atoms with Gasteiger partial charge in [-0.05, 0) is 18.8 Å². The highest BCUT2D eigenvalue weighted by molar-refractivity contribution is 5.98. The summed E-state index contributed by atoms with van der Waals surface area (Å²) in [5, 5.41) is 9.61. The zero-order valence-corrected chi connectivity index (χ0v) is 12.0. The number of fused-ring (bicyclic) bond motifs is 2. The van der Waals surface area contributed by atoms with E-state index in [1.807, 2.05) is 0 Å². The summed E-state index contributed by atoms with van der Waals surface area (Å²) in [5.74, 6) is -0.961. The molecule has 2 atom stereocenters. The lowest BCUT2D eigenvalue weighted by Crippen LogP contribution is -2.37. The van der Waals surface area contributed by atoms with E-state index in [1.165, 1.54) is 0 Å². The van der Waals surface area contributed by atoms with Crippen molar-refractivity contribution in [2.24, 2.45) is 11.3 Å². The van der Waals surface area contributed by atoms with Gasteiger partial charge in [-0.25, -0.2) is 9.97 Å². The lowest BCUT2D eigenvalue weighted by molar-refractivity contribution is -0.149. The standard InChI is InChI=1S/C15H16N4O3/c20-13(11-12-17-5-7-18(12)6-4-16-11)19-8-10-2-1-3-15(10,9-19)14(21)22/h4-7,10H,1-3,8-9H2,(H,21,22)/t10-,15+/m0/s1. The Balaban J connectivity index is 1.68. The van der Waals surface area contributed by atoms with Gasteiger partial charge in [-0.1, -0.05) is 6.42 Å². The predicted octanol–water partition coefficient (Wildman–Crippen LogP) is 1.06. The lowest BCUT2D eigenvalue weighted by Gasteiger charge is -2.23. The molecule has 3 heterocycles. The summed E-state index contributed by atoms with van der Waals surface area (Å²) in [6, 6.07) is 0. The minimum Gasteiger partial charge on any atom is -0.481 e. The Kier molecular flexibility index (Phi) is 2.72. The molecular weight excluding hydrogens is 284 g/mol. The van der Waals surface area contributed by atoms with Crippen molar-refractivity contribution in [3.05, 3.63) is 30.5 Å². The van der Waals surface area contributed by atoms with E-state index < -0.39 is 11.4 Å². The van der Waals surface area contributed by atoms with Crippen LogP contribution in [0.5, 0.6) is 0 Å². The summed E-state index contributed by atoms with van der Waals surface area (Å²) < 4.78 is 1.74. The number of nitrogens with zero attached hydrogens (tertiary/aromatic N) is 4. The van der Waals surface area contributed by atoms with Crippen LogP contribution in [0.4, 0.5) is 0 Å². The van der Waals surface area contributed by atoms with Crippen molar-refractivity contribution >= 4 is 17.5 Å². The molecule has 1 aliphatic heterocycles. The van der Waals surface area contributed by atoms with Gasteiger partial charge in [0, 0.05) is 37.9 Å². The Morgan fingerprint density at radius 1 is 1.27 bits per heavy atom. The highest BCUT2D eigenvalue weighted by Gasteiger charge is 2.56. The van der Waals surface area contributed by atoms with Gasteiger partial charge in [0.15, 0.2) is 11.3 Å². The Hall–Kier alpha value is -2.44. The lowest BCUT2D eigenvalue weighted by atomic mass is 9.81. The number of rotatable bonds is 2. The third kappa shape index (κ3) is 1.68. The van der Waals surface area contributed by atoms with Gasteiger partial charge in [0.2, 0.25) is 0 Å². The van der Waals surface area contributed by atoms with E-state index in [-0.39, 0.29) is 24.1 Å². The zero-order chi connectivity index (χ0) is 15.3. The topological polar surface area (TPSA) is 87.8 Å². The van der Waals surface area contributed by atoms with Crippen molar-refractivity contribution in [1.29, 1.82) is 0 Å². The van der Waals surface area contributed by atoms with Gasteiger partial charge in [-0.3, -0.25) is 9.59 Å².